The molecule has 0 spiro atoms. The monoisotopic (exact) mass is 308 g/mol. The second-order valence-electron chi connectivity index (χ2n) is 5.05. The normalized spacial score (nSPS) is 10.5. The number of anilines is 3. The predicted octanol–water partition coefficient (Wildman–Crippen LogP) is 2.66. The Bertz CT molecular complexity index is 893. The molecule has 0 radical (unpaired) electrons. The Kier molecular flexibility index (Phi) is 3.72. The summed E-state index contributed by atoms with van der Waals surface area (Å²) in [6.07, 6.45) is 1.67. The van der Waals surface area contributed by atoms with Crippen molar-refractivity contribution in [1.82, 2.24) is 4.98 Å². The number of ether oxygens (including phenoxy) is 1. The van der Waals surface area contributed by atoms with Crippen LogP contribution in [0, 0.1) is 0 Å². The molecule has 1 aromatic heterocycles. The fourth-order valence-corrected chi connectivity index (χ4v) is 2.29. The van der Waals surface area contributed by atoms with Gasteiger partial charge in [-0.05, 0) is 30.3 Å². The predicted molar refractivity (Wildman–Crippen MR) is 91.5 cm³/mol. The standard InChI is InChI=1S/C17H16N4O2/c1-23-12-7-10-3-2-6-20-16(10)15(9-12)21-17(22)11-4-5-13(18)14(19)8-11/h2-9H,18-19H2,1H3,(H,21,22). The van der Waals surface area contributed by atoms with E-state index in [9.17, 15) is 4.79 Å². The lowest BCUT2D eigenvalue weighted by Crippen LogP contribution is -2.13. The van der Waals surface area contributed by atoms with Crippen molar-refractivity contribution in [1.29, 1.82) is 0 Å². The molecule has 0 aliphatic heterocycles. The highest BCUT2D eigenvalue weighted by Gasteiger charge is 2.12. The first kappa shape index (κ1) is 14.6. The average Bonchev–Trinajstić information content (AvgIpc) is 2.57. The van der Waals surface area contributed by atoms with Gasteiger partial charge in [-0.15, -0.1) is 0 Å². The number of nitrogens with two attached hydrogens (primary N) is 2. The second kappa shape index (κ2) is 5.84. The molecule has 0 bridgehead atoms. The SMILES string of the molecule is COc1cc(NC(=O)c2ccc(N)c(N)c2)c2ncccc2c1. The molecule has 3 rings (SSSR count). The summed E-state index contributed by atoms with van der Waals surface area (Å²) in [5, 5.41) is 3.72. The van der Waals surface area contributed by atoms with E-state index in [4.69, 9.17) is 16.2 Å². The largest absolute Gasteiger partial charge is 0.497 e. The van der Waals surface area contributed by atoms with Crippen molar-refractivity contribution in [3.8, 4) is 5.75 Å². The molecule has 5 N–H and O–H groups in total. The number of hydrogen-bond donors (Lipinski definition) is 3. The van der Waals surface area contributed by atoms with E-state index >= 15 is 0 Å². The van der Waals surface area contributed by atoms with Gasteiger partial charge in [0, 0.05) is 23.2 Å². The zero-order valence-electron chi connectivity index (χ0n) is 12.5. The summed E-state index contributed by atoms with van der Waals surface area (Å²) in [4.78, 5) is 16.8. The Balaban J connectivity index is 2.00. The molecule has 0 fully saturated rings. The molecule has 3 aromatic rings. The van der Waals surface area contributed by atoms with E-state index in [-0.39, 0.29) is 5.91 Å². The first-order valence-electron chi connectivity index (χ1n) is 6.97. The summed E-state index contributed by atoms with van der Waals surface area (Å²) < 4.78 is 5.27. The molecule has 6 heteroatoms. The zero-order chi connectivity index (χ0) is 16.4. The highest BCUT2D eigenvalue weighted by Crippen LogP contribution is 2.28. The summed E-state index contributed by atoms with van der Waals surface area (Å²) >= 11 is 0. The number of fused-ring (bicyclic) bond motifs is 1. The number of pyridine rings is 1. The van der Waals surface area contributed by atoms with Gasteiger partial charge in [0.05, 0.1) is 29.7 Å². The van der Waals surface area contributed by atoms with Crippen LogP contribution in [0.5, 0.6) is 5.75 Å². The minimum Gasteiger partial charge on any atom is -0.497 e. The maximum absolute atomic E-state index is 12.4. The van der Waals surface area contributed by atoms with Crippen LogP contribution in [-0.4, -0.2) is 18.0 Å². The lowest BCUT2D eigenvalue weighted by Gasteiger charge is -2.11. The average molecular weight is 308 g/mol. The van der Waals surface area contributed by atoms with E-state index in [0.29, 0.717) is 33.9 Å². The summed E-state index contributed by atoms with van der Waals surface area (Å²) in [6, 6.07) is 12.1. The van der Waals surface area contributed by atoms with Crippen LogP contribution in [0.2, 0.25) is 0 Å². The number of aromatic nitrogens is 1. The van der Waals surface area contributed by atoms with Gasteiger partial charge in [-0.1, -0.05) is 6.07 Å². The van der Waals surface area contributed by atoms with Crippen LogP contribution in [0.15, 0.2) is 48.7 Å². The molecule has 0 saturated carbocycles. The molecule has 1 heterocycles. The number of nitrogen functional groups attached to an aromatic ring is 2. The topological polar surface area (TPSA) is 103 Å². The van der Waals surface area contributed by atoms with Crippen molar-refractivity contribution in [3.05, 3.63) is 54.2 Å². The van der Waals surface area contributed by atoms with Crippen LogP contribution < -0.4 is 21.5 Å². The van der Waals surface area contributed by atoms with Crippen LogP contribution >= 0.6 is 0 Å². The molecular formula is C17H16N4O2. The maximum Gasteiger partial charge on any atom is 0.255 e. The van der Waals surface area contributed by atoms with Gasteiger partial charge in [0.25, 0.3) is 5.91 Å². The summed E-state index contributed by atoms with van der Waals surface area (Å²) in [6.45, 7) is 0. The number of hydrogen-bond acceptors (Lipinski definition) is 5. The Morgan fingerprint density at radius 2 is 1.96 bits per heavy atom. The quantitative estimate of drug-likeness (QED) is 0.645. The number of amides is 1. The minimum absolute atomic E-state index is 0.295. The van der Waals surface area contributed by atoms with Crippen molar-refractivity contribution < 1.29 is 9.53 Å². The van der Waals surface area contributed by atoms with Crippen molar-refractivity contribution in [2.75, 3.05) is 23.9 Å². The number of carbonyl (C=O) groups is 1. The van der Waals surface area contributed by atoms with E-state index in [0.717, 1.165) is 5.39 Å². The third kappa shape index (κ3) is 2.87. The van der Waals surface area contributed by atoms with Crippen molar-refractivity contribution >= 4 is 33.9 Å². The molecule has 116 valence electrons. The molecule has 23 heavy (non-hydrogen) atoms. The maximum atomic E-state index is 12.4. The van der Waals surface area contributed by atoms with Crippen molar-refractivity contribution in [2.45, 2.75) is 0 Å². The first-order chi connectivity index (χ1) is 11.1. The molecule has 6 nitrogen and oxygen atoms in total. The summed E-state index contributed by atoms with van der Waals surface area (Å²) in [5.74, 6) is 0.342. The Morgan fingerprint density at radius 3 is 2.70 bits per heavy atom. The Labute approximate surface area is 133 Å². The smallest absolute Gasteiger partial charge is 0.255 e. The second-order valence-corrected chi connectivity index (χ2v) is 5.05. The Hall–Kier alpha value is -3.28. The number of nitrogens with zero attached hydrogens (tertiary/aromatic N) is 1. The van der Waals surface area contributed by atoms with Gasteiger partial charge in [-0.2, -0.15) is 0 Å². The summed E-state index contributed by atoms with van der Waals surface area (Å²) in [7, 11) is 1.57. The van der Waals surface area contributed by atoms with Gasteiger partial charge in [0.1, 0.15) is 5.75 Å². The third-order valence-corrected chi connectivity index (χ3v) is 3.51. The number of nitrogens with one attached hydrogen (secondary N) is 1. The van der Waals surface area contributed by atoms with E-state index < -0.39 is 0 Å². The van der Waals surface area contributed by atoms with Gasteiger partial charge in [-0.25, -0.2) is 0 Å². The number of methoxy groups -OCH3 is 1. The molecule has 0 atom stereocenters. The summed E-state index contributed by atoms with van der Waals surface area (Å²) in [5.41, 5.74) is 13.9. The van der Waals surface area contributed by atoms with Crippen LogP contribution in [0.25, 0.3) is 10.9 Å². The van der Waals surface area contributed by atoms with Crippen molar-refractivity contribution in [3.63, 3.8) is 0 Å². The van der Waals surface area contributed by atoms with E-state index in [1.807, 2.05) is 18.2 Å². The van der Waals surface area contributed by atoms with E-state index in [2.05, 4.69) is 10.3 Å². The number of benzene rings is 2. The fourth-order valence-electron chi connectivity index (χ4n) is 2.29. The molecule has 0 saturated heterocycles. The van der Waals surface area contributed by atoms with Crippen molar-refractivity contribution in [2.24, 2.45) is 0 Å². The minimum atomic E-state index is -0.295. The highest BCUT2D eigenvalue weighted by molar-refractivity contribution is 6.09. The first-order valence-corrected chi connectivity index (χ1v) is 6.97. The molecule has 2 aromatic carbocycles. The van der Waals surface area contributed by atoms with Crippen LogP contribution in [0.1, 0.15) is 10.4 Å². The Morgan fingerprint density at radius 1 is 1.13 bits per heavy atom. The van der Waals surface area contributed by atoms with Gasteiger partial charge < -0.3 is 21.5 Å². The lowest BCUT2D eigenvalue weighted by atomic mass is 10.1. The third-order valence-electron chi connectivity index (χ3n) is 3.51. The van der Waals surface area contributed by atoms with Gasteiger partial charge in [-0.3, -0.25) is 9.78 Å². The van der Waals surface area contributed by atoms with Crippen LogP contribution in [0.3, 0.4) is 0 Å². The lowest BCUT2D eigenvalue weighted by molar-refractivity contribution is 0.102. The number of carbonyl (C=O) groups excluding carboxylic acids is 1. The zero-order valence-corrected chi connectivity index (χ0v) is 12.5. The van der Waals surface area contributed by atoms with E-state index in [1.165, 1.54) is 0 Å². The van der Waals surface area contributed by atoms with Crippen LogP contribution in [0.4, 0.5) is 17.1 Å². The van der Waals surface area contributed by atoms with Crippen LogP contribution in [-0.2, 0) is 0 Å². The molecular weight excluding hydrogens is 292 g/mol. The van der Waals surface area contributed by atoms with Gasteiger partial charge >= 0.3 is 0 Å². The number of rotatable bonds is 3. The van der Waals surface area contributed by atoms with Gasteiger partial charge in [0.2, 0.25) is 0 Å². The highest BCUT2D eigenvalue weighted by atomic mass is 16.5. The molecule has 0 aliphatic rings. The van der Waals surface area contributed by atoms with E-state index in [1.54, 1.807) is 37.6 Å². The molecule has 0 unspecified atom stereocenters. The van der Waals surface area contributed by atoms with Gasteiger partial charge in [0.15, 0.2) is 0 Å². The molecule has 0 aliphatic carbocycles. The fraction of sp³-hybridized carbons (Fsp3) is 0.0588. The molecule has 1 amide bonds.